The van der Waals surface area contributed by atoms with Gasteiger partial charge in [0.25, 0.3) is 0 Å². The number of ether oxygens (including phenoxy) is 1. The first-order chi connectivity index (χ1) is 15.2. The Hall–Kier alpha value is -1.68. The number of carbonyl (C=O) groups excluding carboxylic acids is 2. The van der Waals surface area contributed by atoms with Crippen LogP contribution in [-0.4, -0.2) is 86.0 Å². The summed E-state index contributed by atoms with van der Waals surface area (Å²) < 4.78 is 31.7. The highest BCUT2D eigenvalue weighted by atomic mass is 35.5. The molecule has 0 unspecified atom stereocenters. The number of benzene rings is 1. The molecule has 0 bridgehead atoms. The van der Waals surface area contributed by atoms with E-state index in [4.69, 9.17) is 16.3 Å². The number of halogens is 1. The van der Waals surface area contributed by atoms with Gasteiger partial charge in [0.05, 0.1) is 18.9 Å². The van der Waals surface area contributed by atoms with Gasteiger partial charge in [0.1, 0.15) is 0 Å². The molecule has 1 fully saturated rings. The number of rotatable bonds is 11. The average Bonchev–Trinajstić information content (AvgIpc) is 2.74. The number of likely N-dealkylation sites (tertiary alicyclic amines) is 1. The number of carbonyl (C=O) groups is 2. The third-order valence-electron chi connectivity index (χ3n) is 5.62. The average molecular weight is 488 g/mol. The highest BCUT2D eigenvalue weighted by Gasteiger charge is 2.32. The van der Waals surface area contributed by atoms with Gasteiger partial charge in [-0.1, -0.05) is 30.7 Å². The van der Waals surface area contributed by atoms with Gasteiger partial charge in [-0.3, -0.25) is 9.59 Å². The molecule has 1 aliphatic rings. The molecule has 1 saturated heterocycles. The van der Waals surface area contributed by atoms with Gasteiger partial charge < -0.3 is 14.5 Å². The molecule has 1 aliphatic heterocycles. The zero-order chi connectivity index (χ0) is 23.7. The predicted octanol–water partition coefficient (Wildman–Crippen LogP) is 2.37. The number of nitrogens with zero attached hydrogens (tertiary/aromatic N) is 3. The second kappa shape index (κ2) is 12.5. The lowest BCUT2D eigenvalue weighted by molar-refractivity contribution is -0.137. The summed E-state index contributed by atoms with van der Waals surface area (Å²) in [6, 6.07) is 7.22. The number of amides is 2. The molecule has 32 heavy (non-hydrogen) atoms. The summed E-state index contributed by atoms with van der Waals surface area (Å²) >= 11 is 6.13. The molecule has 0 aromatic heterocycles. The van der Waals surface area contributed by atoms with Crippen molar-refractivity contribution in [1.82, 2.24) is 14.1 Å². The van der Waals surface area contributed by atoms with Crippen molar-refractivity contribution in [3.05, 3.63) is 34.9 Å². The largest absolute Gasteiger partial charge is 0.383 e. The molecule has 0 aliphatic carbocycles. The summed E-state index contributed by atoms with van der Waals surface area (Å²) in [6.45, 7) is 4.90. The van der Waals surface area contributed by atoms with Crippen LogP contribution in [0.15, 0.2) is 24.3 Å². The number of hydrogen-bond donors (Lipinski definition) is 0. The van der Waals surface area contributed by atoms with Crippen LogP contribution in [0.25, 0.3) is 0 Å². The lowest BCUT2D eigenvalue weighted by atomic mass is 10.0. The number of methoxy groups -OCH3 is 1. The number of sulfonamides is 1. The van der Waals surface area contributed by atoms with Gasteiger partial charge in [-0.2, -0.15) is 4.31 Å². The first-order valence-electron chi connectivity index (χ1n) is 10.9. The van der Waals surface area contributed by atoms with Crippen molar-refractivity contribution in [3.8, 4) is 0 Å². The smallest absolute Gasteiger partial charge is 0.238 e. The molecule has 0 saturated carbocycles. The first-order valence-corrected chi connectivity index (χ1v) is 12.9. The normalized spacial score (nSPS) is 15.2. The predicted molar refractivity (Wildman–Crippen MR) is 125 cm³/mol. The van der Waals surface area contributed by atoms with Gasteiger partial charge in [0.15, 0.2) is 0 Å². The van der Waals surface area contributed by atoms with Crippen molar-refractivity contribution in [3.63, 3.8) is 0 Å². The van der Waals surface area contributed by atoms with E-state index in [0.717, 1.165) is 5.56 Å². The molecule has 1 heterocycles. The van der Waals surface area contributed by atoms with Crippen LogP contribution in [0, 0.1) is 0 Å². The summed E-state index contributed by atoms with van der Waals surface area (Å²) in [5.74, 6) is -0.260. The summed E-state index contributed by atoms with van der Waals surface area (Å²) in [5, 5.41) is 0.577. The molecule has 10 heteroatoms. The van der Waals surface area contributed by atoms with Crippen molar-refractivity contribution in [2.45, 2.75) is 45.7 Å². The van der Waals surface area contributed by atoms with Crippen LogP contribution in [0.2, 0.25) is 5.02 Å². The van der Waals surface area contributed by atoms with Gasteiger partial charge in [-0.15, -0.1) is 0 Å². The molecular weight excluding hydrogens is 454 g/mol. The lowest BCUT2D eigenvalue weighted by Crippen LogP contribution is -2.51. The fourth-order valence-corrected chi connectivity index (χ4v) is 5.53. The van der Waals surface area contributed by atoms with Crippen molar-refractivity contribution in [1.29, 1.82) is 0 Å². The van der Waals surface area contributed by atoms with E-state index in [1.165, 1.54) is 11.4 Å². The fraction of sp³-hybridized carbons (Fsp3) is 0.636. The molecule has 2 amide bonds. The number of hydrogen-bond acceptors (Lipinski definition) is 5. The van der Waals surface area contributed by atoms with Gasteiger partial charge in [0, 0.05) is 51.3 Å². The maximum atomic E-state index is 13.4. The van der Waals surface area contributed by atoms with E-state index < -0.39 is 10.0 Å². The second-order valence-electron chi connectivity index (χ2n) is 8.03. The molecule has 0 atom stereocenters. The van der Waals surface area contributed by atoms with Crippen LogP contribution in [-0.2, 0) is 30.9 Å². The van der Waals surface area contributed by atoms with Crippen molar-refractivity contribution < 1.29 is 22.7 Å². The van der Waals surface area contributed by atoms with E-state index >= 15 is 0 Å². The second-order valence-corrected chi connectivity index (χ2v) is 10.6. The number of piperidine rings is 1. The summed E-state index contributed by atoms with van der Waals surface area (Å²) in [6.07, 6.45) is 1.76. The summed E-state index contributed by atoms with van der Waals surface area (Å²) in [4.78, 5) is 28.7. The van der Waals surface area contributed by atoms with Crippen LogP contribution in [0.5, 0.6) is 0 Å². The fourth-order valence-electron chi connectivity index (χ4n) is 3.88. The highest BCUT2D eigenvalue weighted by Crippen LogP contribution is 2.22. The molecular formula is C22H34ClN3O5S. The minimum Gasteiger partial charge on any atom is -0.383 e. The van der Waals surface area contributed by atoms with Crippen molar-refractivity contribution in [2.24, 2.45) is 0 Å². The maximum absolute atomic E-state index is 13.4. The summed E-state index contributed by atoms with van der Waals surface area (Å²) in [5.41, 5.74) is 0.875. The Balaban J connectivity index is 2.24. The van der Waals surface area contributed by atoms with Crippen LogP contribution in [0.1, 0.15) is 38.7 Å². The molecule has 1 aromatic carbocycles. The lowest BCUT2D eigenvalue weighted by Gasteiger charge is -2.39. The van der Waals surface area contributed by atoms with Gasteiger partial charge >= 0.3 is 0 Å². The Kier molecular flexibility index (Phi) is 10.4. The molecule has 8 nitrogen and oxygen atoms in total. The third-order valence-corrected chi connectivity index (χ3v) is 7.88. The Morgan fingerprint density at radius 2 is 1.94 bits per heavy atom. The Morgan fingerprint density at radius 3 is 2.50 bits per heavy atom. The van der Waals surface area contributed by atoms with Crippen LogP contribution in [0.4, 0.5) is 0 Å². The minimum absolute atomic E-state index is 0.0186. The Labute approximate surface area is 196 Å². The quantitative estimate of drug-likeness (QED) is 0.478. The van der Waals surface area contributed by atoms with Gasteiger partial charge in [-0.25, -0.2) is 8.42 Å². The van der Waals surface area contributed by atoms with E-state index in [9.17, 15) is 18.0 Å². The van der Waals surface area contributed by atoms with E-state index in [-0.39, 0.29) is 43.3 Å². The monoisotopic (exact) mass is 487 g/mol. The van der Waals surface area contributed by atoms with Crippen LogP contribution >= 0.6 is 11.6 Å². The maximum Gasteiger partial charge on any atom is 0.238 e. The molecule has 0 N–H and O–H groups in total. The molecule has 2 rings (SSSR count). The van der Waals surface area contributed by atoms with E-state index in [0.29, 0.717) is 43.9 Å². The van der Waals surface area contributed by atoms with Gasteiger partial charge in [-0.05, 0) is 37.0 Å². The third kappa shape index (κ3) is 7.72. The van der Waals surface area contributed by atoms with Crippen molar-refractivity contribution >= 4 is 33.4 Å². The van der Waals surface area contributed by atoms with Crippen LogP contribution in [0.3, 0.4) is 0 Å². The highest BCUT2D eigenvalue weighted by molar-refractivity contribution is 7.89. The van der Waals surface area contributed by atoms with E-state index in [2.05, 4.69) is 0 Å². The zero-order valence-electron chi connectivity index (χ0n) is 19.1. The minimum atomic E-state index is -3.57. The molecule has 0 spiro atoms. The Morgan fingerprint density at radius 1 is 1.25 bits per heavy atom. The molecule has 1 aromatic rings. The first kappa shape index (κ1) is 26.6. The Bertz CT molecular complexity index is 872. The van der Waals surface area contributed by atoms with E-state index in [1.807, 2.05) is 18.2 Å². The van der Waals surface area contributed by atoms with Crippen molar-refractivity contribution in [2.75, 3.05) is 45.6 Å². The molecule has 0 radical (unpaired) electrons. The van der Waals surface area contributed by atoms with Gasteiger partial charge in [0.2, 0.25) is 21.8 Å². The molecule has 180 valence electrons. The summed E-state index contributed by atoms with van der Waals surface area (Å²) in [7, 11) is -2.07. The zero-order valence-corrected chi connectivity index (χ0v) is 20.7. The topological polar surface area (TPSA) is 87.2 Å². The van der Waals surface area contributed by atoms with E-state index in [1.54, 1.807) is 29.7 Å². The van der Waals surface area contributed by atoms with Crippen LogP contribution < -0.4 is 0 Å². The SMILES string of the molecule is CCCS(=O)(=O)N(CCOC)CC(=O)N(Cc1cccc(Cl)c1)C1CCN(C(C)=O)CC1. The standard InChI is InChI=1S/C22H34ClN3O5S/c1-4-14-32(29,30)25(12-13-31-3)17-22(28)26(16-19-6-5-7-20(23)15-19)21-8-10-24(11-9-21)18(2)27/h5-7,15,21H,4,8-14,16-17H2,1-3H3.